The first-order valence-electron chi connectivity index (χ1n) is 5.92. The lowest BCUT2D eigenvalue weighted by molar-refractivity contribution is 0.375. The van der Waals surface area contributed by atoms with Gasteiger partial charge in [-0.3, -0.25) is 0 Å². The topological polar surface area (TPSA) is 0 Å². The Balaban J connectivity index is 2.02. The third-order valence-corrected chi connectivity index (χ3v) is 4.32. The number of hydrogen-bond acceptors (Lipinski definition) is 0. The fraction of sp³-hybridized carbons (Fsp3) is 0.429. The molecule has 0 aliphatic heterocycles. The van der Waals surface area contributed by atoms with Gasteiger partial charge in [0, 0.05) is 5.54 Å². The SMILES string of the molecule is Fc1cc([C@H]2CC[C@H](/C=C/Cl)CC2)ccc1Br. The van der Waals surface area contributed by atoms with Crippen LogP contribution in [0.15, 0.2) is 34.3 Å². The highest BCUT2D eigenvalue weighted by Crippen LogP contribution is 2.37. The van der Waals surface area contributed by atoms with E-state index in [1.807, 2.05) is 6.07 Å². The third kappa shape index (κ3) is 3.32. The zero-order valence-electron chi connectivity index (χ0n) is 9.50. The average Bonchev–Trinajstić information content (AvgIpc) is 2.34. The minimum atomic E-state index is -0.162. The normalized spacial score (nSPS) is 25.4. The Morgan fingerprint density at radius 1 is 1.24 bits per heavy atom. The van der Waals surface area contributed by atoms with Crippen LogP contribution in [0.4, 0.5) is 4.39 Å². The molecule has 0 saturated heterocycles. The summed E-state index contributed by atoms with van der Waals surface area (Å²) in [7, 11) is 0. The lowest BCUT2D eigenvalue weighted by atomic mass is 9.79. The van der Waals surface area contributed by atoms with E-state index in [4.69, 9.17) is 11.6 Å². The zero-order chi connectivity index (χ0) is 12.3. The van der Waals surface area contributed by atoms with Gasteiger partial charge in [0.15, 0.2) is 0 Å². The second kappa shape index (κ2) is 6.01. The molecule has 0 radical (unpaired) electrons. The highest BCUT2D eigenvalue weighted by atomic mass is 79.9. The van der Waals surface area contributed by atoms with Crippen LogP contribution in [0, 0.1) is 11.7 Å². The van der Waals surface area contributed by atoms with Crippen LogP contribution in [-0.4, -0.2) is 0 Å². The summed E-state index contributed by atoms with van der Waals surface area (Å²) < 4.78 is 14.0. The molecule has 1 fully saturated rings. The molecule has 0 heterocycles. The third-order valence-electron chi connectivity index (χ3n) is 3.53. The summed E-state index contributed by atoms with van der Waals surface area (Å²) in [4.78, 5) is 0. The molecule has 1 aliphatic rings. The van der Waals surface area contributed by atoms with Gasteiger partial charge in [-0.25, -0.2) is 4.39 Å². The fourth-order valence-corrected chi connectivity index (χ4v) is 2.97. The molecule has 0 N–H and O–H groups in total. The molecule has 0 amide bonds. The maximum atomic E-state index is 13.5. The van der Waals surface area contributed by atoms with Crippen molar-refractivity contribution in [2.75, 3.05) is 0 Å². The van der Waals surface area contributed by atoms with Crippen LogP contribution in [0.5, 0.6) is 0 Å². The Morgan fingerprint density at radius 2 is 1.94 bits per heavy atom. The molecule has 2 rings (SSSR count). The zero-order valence-corrected chi connectivity index (χ0v) is 11.8. The summed E-state index contributed by atoms with van der Waals surface area (Å²) in [5, 5.41) is 0. The number of rotatable bonds is 2. The van der Waals surface area contributed by atoms with E-state index in [1.54, 1.807) is 17.7 Å². The summed E-state index contributed by atoms with van der Waals surface area (Å²) in [5.41, 5.74) is 2.74. The molecule has 0 nitrogen and oxygen atoms in total. The van der Waals surface area contributed by atoms with Crippen molar-refractivity contribution in [1.29, 1.82) is 0 Å². The molecule has 0 atom stereocenters. The van der Waals surface area contributed by atoms with Crippen LogP contribution in [0.25, 0.3) is 0 Å². The second-order valence-electron chi connectivity index (χ2n) is 4.60. The van der Waals surface area contributed by atoms with Crippen molar-refractivity contribution in [1.82, 2.24) is 0 Å². The lowest BCUT2D eigenvalue weighted by Crippen LogP contribution is -2.11. The van der Waals surface area contributed by atoms with Crippen molar-refractivity contribution in [3.8, 4) is 0 Å². The number of allylic oxidation sites excluding steroid dienone is 1. The van der Waals surface area contributed by atoms with Gasteiger partial charge >= 0.3 is 0 Å². The van der Waals surface area contributed by atoms with E-state index < -0.39 is 0 Å². The Labute approximate surface area is 115 Å². The molecule has 92 valence electrons. The molecule has 0 unspecified atom stereocenters. The van der Waals surface area contributed by atoms with E-state index in [0.717, 1.165) is 31.2 Å². The van der Waals surface area contributed by atoms with Gasteiger partial charge in [-0.15, -0.1) is 0 Å². The number of benzene rings is 1. The monoisotopic (exact) mass is 316 g/mol. The smallest absolute Gasteiger partial charge is 0.137 e. The van der Waals surface area contributed by atoms with Gasteiger partial charge in [-0.2, -0.15) is 0 Å². The molecule has 1 saturated carbocycles. The molecule has 17 heavy (non-hydrogen) atoms. The first-order valence-corrected chi connectivity index (χ1v) is 7.15. The quantitative estimate of drug-likeness (QED) is 0.664. The van der Waals surface area contributed by atoms with Gasteiger partial charge in [-0.1, -0.05) is 23.7 Å². The van der Waals surface area contributed by atoms with Crippen molar-refractivity contribution in [2.45, 2.75) is 31.6 Å². The van der Waals surface area contributed by atoms with E-state index >= 15 is 0 Å². The van der Waals surface area contributed by atoms with Crippen molar-refractivity contribution in [3.05, 3.63) is 45.7 Å². The molecule has 1 aromatic carbocycles. The van der Waals surface area contributed by atoms with Crippen LogP contribution in [0.1, 0.15) is 37.2 Å². The Kier molecular flexibility index (Phi) is 4.63. The van der Waals surface area contributed by atoms with Crippen LogP contribution in [-0.2, 0) is 0 Å². The van der Waals surface area contributed by atoms with Crippen LogP contribution < -0.4 is 0 Å². The summed E-state index contributed by atoms with van der Waals surface area (Å²) in [6.45, 7) is 0. The summed E-state index contributed by atoms with van der Waals surface area (Å²) >= 11 is 8.78. The molecule has 1 aromatic rings. The van der Waals surface area contributed by atoms with E-state index in [9.17, 15) is 4.39 Å². The molecular weight excluding hydrogens is 303 g/mol. The van der Waals surface area contributed by atoms with Crippen molar-refractivity contribution in [2.24, 2.45) is 5.92 Å². The van der Waals surface area contributed by atoms with Gasteiger partial charge in [-0.05, 0) is 71.1 Å². The first-order chi connectivity index (χ1) is 8.20. The largest absolute Gasteiger partial charge is 0.206 e. The van der Waals surface area contributed by atoms with E-state index in [-0.39, 0.29) is 5.82 Å². The van der Waals surface area contributed by atoms with Gasteiger partial charge in [0.1, 0.15) is 5.82 Å². The van der Waals surface area contributed by atoms with Crippen molar-refractivity contribution < 1.29 is 4.39 Å². The standard InChI is InChI=1S/C14H15BrClF/c15-13-6-5-12(9-14(13)17)11-3-1-10(2-4-11)7-8-16/h5-11H,1-4H2/b8-7+/t10-,11-. The van der Waals surface area contributed by atoms with Gasteiger partial charge in [0.25, 0.3) is 0 Å². The second-order valence-corrected chi connectivity index (χ2v) is 5.71. The summed E-state index contributed by atoms with van der Waals surface area (Å²) in [6.07, 6.45) is 6.59. The molecule has 3 heteroatoms. The fourth-order valence-electron chi connectivity index (χ4n) is 2.51. The highest BCUT2D eigenvalue weighted by molar-refractivity contribution is 9.10. The lowest BCUT2D eigenvalue weighted by Gasteiger charge is -2.27. The molecular formula is C14H15BrClF. The van der Waals surface area contributed by atoms with Crippen molar-refractivity contribution in [3.63, 3.8) is 0 Å². The minimum Gasteiger partial charge on any atom is -0.206 e. The maximum Gasteiger partial charge on any atom is 0.137 e. The van der Waals surface area contributed by atoms with Gasteiger partial charge in [0.05, 0.1) is 4.47 Å². The first kappa shape index (κ1) is 13.1. The van der Waals surface area contributed by atoms with Crippen LogP contribution in [0.2, 0.25) is 0 Å². The predicted molar refractivity (Wildman–Crippen MR) is 73.8 cm³/mol. The van der Waals surface area contributed by atoms with Gasteiger partial charge < -0.3 is 0 Å². The molecule has 0 aromatic heterocycles. The average molecular weight is 318 g/mol. The van der Waals surface area contributed by atoms with E-state index in [2.05, 4.69) is 22.0 Å². The Hall–Kier alpha value is -0.340. The predicted octanol–water partition coefficient (Wildman–Crippen LogP) is 5.61. The summed E-state index contributed by atoms with van der Waals surface area (Å²) in [6, 6.07) is 5.48. The van der Waals surface area contributed by atoms with Crippen LogP contribution in [0.3, 0.4) is 0 Å². The van der Waals surface area contributed by atoms with E-state index in [1.165, 1.54) is 0 Å². The highest BCUT2D eigenvalue weighted by Gasteiger charge is 2.21. The Morgan fingerprint density at radius 3 is 2.53 bits per heavy atom. The number of halogens is 3. The molecule has 1 aliphatic carbocycles. The maximum absolute atomic E-state index is 13.5. The Bertz CT molecular complexity index is 409. The van der Waals surface area contributed by atoms with Crippen LogP contribution >= 0.6 is 27.5 Å². The molecule has 0 bridgehead atoms. The van der Waals surface area contributed by atoms with E-state index in [0.29, 0.717) is 16.3 Å². The summed E-state index contributed by atoms with van der Waals surface area (Å²) in [5.74, 6) is 0.937. The van der Waals surface area contributed by atoms with Gasteiger partial charge in [0.2, 0.25) is 0 Å². The number of hydrogen-bond donors (Lipinski definition) is 0. The van der Waals surface area contributed by atoms with Crippen molar-refractivity contribution >= 4 is 27.5 Å². The minimum absolute atomic E-state index is 0.162. The molecule has 0 spiro atoms.